The minimum absolute atomic E-state index is 0.0111. The highest BCUT2D eigenvalue weighted by Gasteiger charge is 2.18. The molecule has 1 atom stereocenters. The topological polar surface area (TPSA) is 46.3 Å². The van der Waals surface area contributed by atoms with Crippen LogP contribution in [0.3, 0.4) is 0 Å². The van der Waals surface area contributed by atoms with E-state index < -0.39 is 6.04 Å². The Balaban J connectivity index is 2.11. The van der Waals surface area contributed by atoms with E-state index in [-0.39, 0.29) is 5.91 Å². The molecule has 0 spiro atoms. The fraction of sp³-hybridized carbons (Fsp3) is 0.353. The molecule has 0 radical (unpaired) electrons. The fourth-order valence-electron chi connectivity index (χ4n) is 2.42. The monoisotopic (exact) mass is 302 g/mol. The van der Waals surface area contributed by atoms with Crippen LogP contribution in [0.2, 0.25) is 0 Å². The number of thioether (sulfide) groups is 1. The first-order valence-corrected chi connectivity index (χ1v) is 8.49. The molecule has 112 valence electrons. The Morgan fingerprint density at radius 1 is 1.24 bits per heavy atom. The van der Waals surface area contributed by atoms with Gasteiger partial charge in [-0.1, -0.05) is 42.5 Å². The Kier molecular flexibility index (Phi) is 5.65. The van der Waals surface area contributed by atoms with Crippen molar-refractivity contribution in [3.63, 3.8) is 0 Å². The first kappa shape index (κ1) is 15.9. The molecular weight excluding hydrogens is 280 g/mol. The van der Waals surface area contributed by atoms with Gasteiger partial charge in [-0.3, -0.25) is 4.79 Å². The highest BCUT2D eigenvalue weighted by atomic mass is 32.2. The van der Waals surface area contributed by atoms with Gasteiger partial charge in [0, 0.05) is 13.6 Å². The summed E-state index contributed by atoms with van der Waals surface area (Å²) in [6.45, 7) is 0.590. The third-order valence-corrected chi connectivity index (χ3v) is 4.26. The Morgan fingerprint density at radius 3 is 2.71 bits per heavy atom. The molecule has 0 heterocycles. The van der Waals surface area contributed by atoms with Gasteiger partial charge in [-0.25, -0.2) is 0 Å². The second-order valence-corrected chi connectivity index (χ2v) is 6.21. The normalized spacial score (nSPS) is 12.3. The van der Waals surface area contributed by atoms with Gasteiger partial charge in [-0.15, -0.1) is 0 Å². The first-order chi connectivity index (χ1) is 10.1. The predicted molar refractivity (Wildman–Crippen MR) is 91.4 cm³/mol. The predicted octanol–water partition coefficient (Wildman–Crippen LogP) is 2.88. The average Bonchev–Trinajstić information content (AvgIpc) is 2.52. The summed E-state index contributed by atoms with van der Waals surface area (Å²) in [7, 11) is 1.82. The van der Waals surface area contributed by atoms with Gasteiger partial charge >= 0.3 is 0 Å². The van der Waals surface area contributed by atoms with Gasteiger partial charge in [0.1, 0.15) is 0 Å². The third-order valence-electron chi connectivity index (χ3n) is 3.61. The highest BCUT2D eigenvalue weighted by molar-refractivity contribution is 7.98. The lowest BCUT2D eigenvalue weighted by atomic mass is 10.0. The lowest BCUT2D eigenvalue weighted by Gasteiger charge is -2.22. The summed E-state index contributed by atoms with van der Waals surface area (Å²) < 4.78 is 0. The maximum absolute atomic E-state index is 12.3. The molecule has 0 saturated heterocycles. The quantitative estimate of drug-likeness (QED) is 0.892. The van der Waals surface area contributed by atoms with E-state index in [1.807, 2.05) is 31.5 Å². The van der Waals surface area contributed by atoms with Gasteiger partial charge in [0.2, 0.25) is 5.91 Å². The number of benzene rings is 2. The molecule has 0 aliphatic carbocycles. The van der Waals surface area contributed by atoms with E-state index in [4.69, 9.17) is 5.73 Å². The van der Waals surface area contributed by atoms with E-state index in [0.717, 1.165) is 17.7 Å². The summed E-state index contributed by atoms with van der Waals surface area (Å²) in [6.07, 6.45) is 2.75. The van der Waals surface area contributed by atoms with Crippen molar-refractivity contribution in [2.24, 2.45) is 5.73 Å². The van der Waals surface area contributed by atoms with Crippen LogP contribution in [0, 0.1) is 0 Å². The van der Waals surface area contributed by atoms with Crippen LogP contribution in [0.1, 0.15) is 12.0 Å². The van der Waals surface area contributed by atoms with Crippen molar-refractivity contribution in [1.29, 1.82) is 0 Å². The summed E-state index contributed by atoms with van der Waals surface area (Å²) >= 11 is 1.71. The Labute approximate surface area is 130 Å². The number of hydrogen-bond acceptors (Lipinski definition) is 3. The molecular formula is C17H22N2OS. The van der Waals surface area contributed by atoms with Gasteiger partial charge in [-0.2, -0.15) is 11.8 Å². The van der Waals surface area contributed by atoms with E-state index >= 15 is 0 Å². The lowest BCUT2D eigenvalue weighted by Crippen LogP contribution is -2.41. The van der Waals surface area contributed by atoms with E-state index in [1.165, 1.54) is 10.8 Å². The SMILES string of the molecule is CSCCC(N)C(=O)N(C)Cc1cccc2ccccc12. The second kappa shape index (κ2) is 7.48. The van der Waals surface area contributed by atoms with Crippen LogP contribution in [0.4, 0.5) is 0 Å². The van der Waals surface area contributed by atoms with Gasteiger partial charge in [0.25, 0.3) is 0 Å². The molecule has 1 unspecified atom stereocenters. The maximum Gasteiger partial charge on any atom is 0.239 e. The van der Waals surface area contributed by atoms with Crippen molar-refractivity contribution >= 4 is 28.4 Å². The van der Waals surface area contributed by atoms with Crippen molar-refractivity contribution in [3.8, 4) is 0 Å². The van der Waals surface area contributed by atoms with Crippen LogP contribution in [0.5, 0.6) is 0 Å². The highest BCUT2D eigenvalue weighted by Crippen LogP contribution is 2.19. The number of amides is 1. The molecule has 2 aromatic rings. The van der Waals surface area contributed by atoms with Crippen molar-refractivity contribution in [2.45, 2.75) is 19.0 Å². The van der Waals surface area contributed by atoms with E-state index in [1.54, 1.807) is 16.7 Å². The van der Waals surface area contributed by atoms with Crippen molar-refractivity contribution in [1.82, 2.24) is 4.90 Å². The molecule has 0 aliphatic heterocycles. The minimum Gasteiger partial charge on any atom is -0.340 e. The number of rotatable bonds is 6. The van der Waals surface area contributed by atoms with E-state index in [9.17, 15) is 4.79 Å². The fourth-order valence-corrected chi connectivity index (χ4v) is 2.90. The molecule has 0 fully saturated rings. The van der Waals surface area contributed by atoms with Gasteiger partial charge < -0.3 is 10.6 Å². The zero-order valence-corrected chi connectivity index (χ0v) is 13.4. The summed E-state index contributed by atoms with van der Waals surface area (Å²) in [4.78, 5) is 14.0. The number of carbonyl (C=O) groups is 1. The maximum atomic E-state index is 12.3. The number of nitrogens with zero attached hydrogens (tertiary/aromatic N) is 1. The number of nitrogens with two attached hydrogens (primary N) is 1. The van der Waals surface area contributed by atoms with Gasteiger partial charge in [0.15, 0.2) is 0 Å². The van der Waals surface area contributed by atoms with Crippen LogP contribution >= 0.6 is 11.8 Å². The van der Waals surface area contributed by atoms with Gasteiger partial charge in [0.05, 0.1) is 6.04 Å². The number of likely N-dealkylation sites (N-methyl/N-ethyl adjacent to an activating group) is 1. The molecule has 3 nitrogen and oxygen atoms in total. The number of carbonyl (C=O) groups excluding carboxylic acids is 1. The van der Waals surface area contributed by atoms with Crippen molar-refractivity contribution < 1.29 is 4.79 Å². The zero-order chi connectivity index (χ0) is 15.2. The molecule has 21 heavy (non-hydrogen) atoms. The van der Waals surface area contributed by atoms with Crippen LogP contribution in [-0.4, -0.2) is 35.9 Å². The molecule has 2 N–H and O–H groups in total. The average molecular weight is 302 g/mol. The van der Waals surface area contributed by atoms with Gasteiger partial charge in [-0.05, 0) is 34.8 Å². The lowest BCUT2D eigenvalue weighted by molar-refractivity contribution is -0.131. The largest absolute Gasteiger partial charge is 0.340 e. The summed E-state index contributed by atoms with van der Waals surface area (Å²) in [5, 5.41) is 2.39. The Bertz CT molecular complexity index is 609. The smallest absolute Gasteiger partial charge is 0.239 e. The zero-order valence-electron chi connectivity index (χ0n) is 12.6. The molecule has 1 amide bonds. The molecule has 0 aliphatic rings. The molecule has 2 aromatic carbocycles. The molecule has 2 rings (SSSR count). The van der Waals surface area contributed by atoms with E-state index in [0.29, 0.717) is 6.54 Å². The Hall–Kier alpha value is -1.52. The summed E-state index contributed by atoms with van der Waals surface area (Å²) in [5.41, 5.74) is 7.12. The summed E-state index contributed by atoms with van der Waals surface area (Å²) in [6, 6.07) is 14.0. The molecule has 0 aromatic heterocycles. The standard InChI is InChI=1S/C17H22N2OS/c1-19(17(20)16(18)10-11-21-2)12-14-8-5-7-13-6-3-4-9-15(13)14/h3-9,16H,10-12,18H2,1-2H3. The second-order valence-electron chi connectivity index (χ2n) is 5.22. The van der Waals surface area contributed by atoms with E-state index in [2.05, 4.69) is 24.3 Å². The molecule has 4 heteroatoms. The molecule has 0 bridgehead atoms. The van der Waals surface area contributed by atoms with Crippen molar-refractivity contribution in [3.05, 3.63) is 48.0 Å². The number of fused-ring (bicyclic) bond motifs is 1. The first-order valence-electron chi connectivity index (χ1n) is 7.09. The van der Waals surface area contributed by atoms with Crippen LogP contribution in [0.25, 0.3) is 10.8 Å². The van der Waals surface area contributed by atoms with Crippen LogP contribution < -0.4 is 5.73 Å². The third kappa shape index (κ3) is 3.99. The summed E-state index contributed by atoms with van der Waals surface area (Å²) in [5.74, 6) is 0.923. The Morgan fingerprint density at radius 2 is 1.95 bits per heavy atom. The van der Waals surface area contributed by atoms with Crippen LogP contribution in [-0.2, 0) is 11.3 Å². The number of hydrogen-bond donors (Lipinski definition) is 1. The van der Waals surface area contributed by atoms with Crippen molar-refractivity contribution in [2.75, 3.05) is 19.1 Å². The van der Waals surface area contributed by atoms with Crippen LogP contribution in [0.15, 0.2) is 42.5 Å². The minimum atomic E-state index is -0.405. The molecule has 0 saturated carbocycles.